The van der Waals surface area contributed by atoms with Gasteiger partial charge in [0, 0.05) is 48.1 Å². The molecule has 2 amide bonds. The second-order valence-corrected chi connectivity index (χ2v) is 9.29. The van der Waals surface area contributed by atoms with Gasteiger partial charge in [-0.3, -0.25) is 14.9 Å². The molecule has 3 aromatic rings. The molecule has 0 aromatic heterocycles. The highest BCUT2D eigenvalue weighted by atomic mass is 35.5. The van der Waals surface area contributed by atoms with Crippen LogP contribution < -0.4 is 20.3 Å². The number of hydrogen-bond acceptors (Lipinski definition) is 5. The van der Waals surface area contributed by atoms with Crippen molar-refractivity contribution in [1.29, 1.82) is 0 Å². The molecule has 1 aliphatic heterocycles. The van der Waals surface area contributed by atoms with Crippen molar-refractivity contribution in [3.8, 4) is 5.75 Å². The van der Waals surface area contributed by atoms with E-state index in [0.717, 1.165) is 35.6 Å². The Morgan fingerprint density at radius 2 is 1.61 bits per heavy atom. The summed E-state index contributed by atoms with van der Waals surface area (Å²) >= 11 is 11.3. The number of ether oxygens (including phenoxy) is 1. The van der Waals surface area contributed by atoms with Crippen molar-refractivity contribution in [2.24, 2.45) is 0 Å². The van der Waals surface area contributed by atoms with Crippen LogP contribution in [0.5, 0.6) is 5.75 Å². The molecule has 2 N–H and O–H groups in total. The van der Waals surface area contributed by atoms with Gasteiger partial charge < -0.3 is 19.9 Å². The van der Waals surface area contributed by atoms with Gasteiger partial charge in [-0.1, -0.05) is 29.3 Å². The van der Waals surface area contributed by atoms with Gasteiger partial charge >= 0.3 is 0 Å². The minimum atomic E-state index is -0.415. The van der Waals surface area contributed by atoms with E-state index < -0.39 is 5.91 Å². The highest BCUT2D eigenvalue weighted by Crippen LogP contribution is 2.23. The molecule has 3 aromatic carbocycles. The molecule has 0 spiro atoms. The van der Waals surface area contributed by atoms with Gasteiger partial charge in [0.15, 0.2) is 5.11 Å². The van der Waals surface area contributed by atoms with E-state index in [1.54, 1.807) is 12.1 Å². The molecule has 0 atom stereocenters. The summed E-state index contributed by atoms with van der Waals surface area (Å²) in [5, 5.41) is 6.27. The average molecular weight is 523 g/mol. The number of nitrogens with one attached hydrogen (secondary N) is 2. The fourth-order valence-electron chi connectivity index (χ4n) is 3.99. The molecule has 1 saturated heterocycles. The van der Waals surface area contributed by atoms with Crippen LogP contribution in [0.3, 0.4) is 0 Å². The topological polar surface area (TPSA) is 73.9 Å². The first kappa shape index (κ1) is 25.5. The molecule has 9 heteroatoms. The van der Waals surface area contributed by atoms with Crippen molar-refractivity contribution >= 4 is 52.1 Å². The van der Waals surface area contributed by atoms with Gasteiger partial charge in [0.05, 0.1) is 12.7 Å². The van der Waals surface area contributed by atoms with Crippen molar-refractivity contribution in [2.45, 2.75) is 6.92 Å². The normalized spacial score (nSPS) is 13.2. The van der Waals surface area contributed by atoms with E-state index in [1.165, 1.54) is 13.2 Å². The van der Waals surface area contributed by atoms with Crippen LogP contribution in [0, 0.1) is 6.92 Å². The Morgan fingerprint density at radius 1 is 0.944 bits per heavy atom. The zero-order valence-electron chi connectivity index (χ0n) is 20.1. The molecule has 0 aliphatic carbocycles. The van der Waals surface area contributed by atoms with Crippen LogP contribution in [0.25, 0.3) is 0 Å². The average Bonchev–Trinajstić information content (AvgIpc) is 2.89. The molecule has 0 radical (unpaired) electrons. The van der Waals surface area contributed by atoms with Crippen molar-refractivity contribution < 1.29 is 14.3 Å². The predicted molar refractivity (Wildman–Crippen MR) is 147 cm³/mol. The molecule has 0 saturated carbocycles. The predicted octanol–water partition coefficient (Wildman–Crippen LogP) is 4.75. The highest BCUT2D eigenvalue weighted by molar-refractivity contribution is 7.80. The van der Waals surface area contributed by atoms with Crippen LogP contribution in [0.1, 0.15) is 26.3 Å². The summed E-state index contributed by atoms with van der Waals surface area (Å²) in [6.07, 6.45) is 0. The van der Waals surface area contributed by atoms with E-state index in [-0.39, 0.29) is 11.0 Å². The number of thiocarbonyl (C=S) groups is 1. The van der Waals surface area contributed by atoms with Crippen molar-refractivity contribution in [1.82, 2.24) is 10.2 Å². The second-order valence-electron chi connectivity index (χ2n) is 8.45. The number of methoxy groups -OCH3 is 1. The maximum absolute atomic E-state index is 12.8. The van der Waals surface area contributed by atoms with Gasteiger partial charge in [-0.25, -0.2) is 0 Å². The zero-order chi connectivity index (χ0) is 25.7. The highest BCUT2D eigenvalue weighted by Gasteiger charge is 2.22. The summed E-state index contributed by atoms with van der Waals surface area (Å²) in [6.45, 7) is 4.84. The number of aryl methyl sites for hydroxylation is 1. The number of halogens is 1. The summed E-state index contributed by atoms with van der Waals surface area (Å²) in [4.78, 5) is 29.5. The lowest BCUT2D eigenvalue weighted by Crippen LogP contribution is -2.48. The number of anilines is 2. The third kappa shape index (κ3) is 6.13. The Labute approximate surface area is 221 Å². The lowest BCUT2D eigenvalue weighted by Gasteiger charge is -2.36. The maximum Gasteiger partial charge on any atom is 0.261 e. The third-order valence-electron chi connectivity index (χ3n) is 5.99. The minimum absolute atomic E-state index is 0.0696. The maximum atomic E-state index is 12.8. The standard InChI is InChI=1S/C27H27ClN4O3S/c1-18-3-5-19(6-4-18)26(34)32-15-13-31(14-16-32)22-10-8-21(9-11-22)29-27(36)30-25(33)23-17-20(28)7-12-24(23)35-2/h3-12,17H,13-16H2,1-2H3,(H2,29,30,33,36). The van der Waals surface area contributed by atoms with Crippen molar-refractivity contribution in [3.63, 3.8) is 0 Å². The lowest BCUT2D eigenvalue weighted by atomic mass is 10.1. The fourth-order valence-corrected chi connectivity index (χ4v) is 4.38. The molecule has 1 heterocycles. The van der Waals surface area contributed by atoms with E-state index in [0.29, 0.717) is 29.4 Å². The van der Waals surface area contributed by atoms with Crippen LogP contribution in [0.15, 0.2) is 66.7 Å². The number of piperazine rings is 1. The molecule has 1 aliphatic rings. The Morgan fingerprint density at radius 3 is 2.25 bits per heavy atom. The van der Waals surface area contributed by atoms with Gasteiger partial charge in [-0.2, -0.15) is 0 Å². The molecular formula is C27H27ClN4O3S. The minimum Gasteiger partial charge on any atom is -0.496 e. The summed E-state index contributed by atoms with van der Waals surface area (Å²) in [6, 6.07) is 20.3. The molecule has 1 fully saturated rings. The molecule has 4 rings (SSSR count). The molecule has 0 bridgehead atoms. The first-order chi connectivity index (χ1) is 17.3. The van der Waals surface area contributed by atoms with E-state index in [1.807, 2.05) is 60.4 Å². The largest absolute Gasteiger partial charge is 0.496 e. The third-order valence-corrected chi connectivity index (χ3v) is 6.43. The van der Waals surface area contributed by atoms with E-state index >= 15 is 0 Å². The summed E-state index contributed by atoms with van der Waals surface area (Å²) in [5.41, 5.74) is 3.96. The smallest absolute Gasteiger partial charge is 0.261 e. The Kier molecular flexibility index (Phi) is 8.07. The van der Waals surface area contributed by atoms with E-state index in [4.69, 9.17) is 28.6 Å². The molecule has 7 nitrogen and oxygen atoms in total. The summed E-state index contributed by atoms with van der Waals surface area (Å²) < 4.78 is 5.23. The van der Waals surface area contributed by atoms with Gasteiger partial charge in [-0.05, 0) is 73.7 Å². The van der Waals surface area contributed by atoms with Crippen LogP contribution in [0.4, 0.5) is 11.4 Å². The van der Waals surface area contributed by atoms with Gasteiger partial charge in [0.25, 0.3) is 11.8 Å². The Bertz CT molecular complexity index is 1260. The number of benzene rings is 3. The van der Waals surface area contributed by atoms with Crippen molar-refractivity contribution in [2.75, 3.05) is 43.5 Å². The van der Waals surface area contributed by atoms with Crippen molar-refractivity contribution in [3.05, 3.63) is 88.4 Å². The molecule has 36 heavy (non-hydrogen) atoms. The van der Waals surface area contributed by atoms with E-state index in [2.05, 4.69) is 15.5 Å². The zero-order valence-corrected chi connectivity index (χ0v) is 21.7. The second kappa shape index (κ2) is 11.4. The summed E-state index contributed by atoms with van der Waals surface area (Å²) in [7, 11) is 1.49. The molecule has 0 unspecified atom stereocenters. The number of nitrogens with zero attached hydrogens (tertiary/aromatic N) is 2. The number of carbonyl (C=O) groups is 2. The molecule has 186 valence electrons. The monoisotopic (exact) mass is 522 g/mol. The number of carbonyl (C=O) groups excluding carboxylic acids is 2. The quantitative estimate of drug-likeness (QED) is 0.471. The number of hydrogen-bond donors (Lipinski definition) is 2. The Balaban J connectivity index is 1.30. The van der Waals surface area contributed by atoms with Crippen LogP contribution in [-0.4, -0.2) is 55.1 Å². The van der Waals surface area contributed by atoms with Crippen LogP contribution in [0.2, 0.25) is 5.02 Å². The fraction of sp³-hybridized carbons (Fsp3) is 0.222. The Hall–Kier alpha value is -3.62. The summed E-state index contributed by atoms with van der Waals surface area (Å²) in [5.74, 6) is 0.0615. The lowest BCUT2D eigenvalue weighted by molar-refractivity contribution is 0.0746. The van der Waals surface area contributed by atoms with Crippen LogP contribution >= 0.6 is 23.8 Å². The van der Waals surface area contributed by atoms with Gasteiger partial charge in [0.1, 0.15) is 5.75 Å². The number of amides is 2. The first-order valence-electron chi connectivity index (χ1n) is 11.5. The van der Waals surface area contributed by atoms with Gasteiger partial charge in [-0.15, -0.1) is 0 Å². The van der Waals surface area contributed by atoms with Crippen LogP contribution in [-0.2, 0) is 0 Å². The van der Waals surface area contributed by atoms with E-state index in [9.17, 15) is 9.59 Å². The SMILES string of the molecule is COc1ccc(Cl)cc1C(=O)NC(=S)Nc1ccc(N2CCN(C(=O)c3ccc(C)cc3)CC2)cc1. The van der Waals surface area contributed by atoms with Gasteiger partial charge in [0.2, 0.25) is 0 Å². The first-order valence-corrected chi connectivity index (χ1v) is 12.3. The molecular weight excluding hydrogens is 496 g/mol. The number of rotatable bonds is 5.